The zero-order chi connectivity index (χ0) is 17.0. The van der Waals surface area contributed by atoms with E-state index in [2.05, 4.69) is 4.57 Å². The molecule has 0 bridgehead atoms. The van der Waals surface area contributed by atoms with Crippen LogP contribution < -0.4 is 5.73 Å². The van der Waals surface area contributed by atoms with Crippen LogP contribution in [0.15, 0.2) is 24.3 Å². The number of nitrogens with zero attached hydrogens (tertiary/aromatic N) is 1. The second-order valence-corrected chi connectivity index (χ2v) is 5.50. The van der Waals surface area contributed by atoms with Gasteiger partial charge >= 0.3 is 0 Å². The Morgan fingerprint density at radius 1 is 1.30 bits per heavy atom. The summed E-state index contributed by atoms with van der Waals surface area (Å²) < 4.78 is 21.0. The first-order valence-electron chi connectivity index (χ1n) is 7.80. The number of hydrogen-bond acceptors (Lipinski definition) is 2. The van der Waals surface area contributed by atoms with E-state index < -0.39 is 5.91 Å². The number of hydrogen-bond donors (Lipinski definition) is 1. The maximum absolute atomic E-state index is 13.6. The molecule has 4 nitrogen and oxygen atoms in total. The van der Waals surface area contributed by atoms with Crippen molar-refractivity contribution in [3.8, 4) is 11.1 Å². The van der Waals surface area contributed by atoms with Crippen molar-refractivity contribution in [2.75, 3.05) is 13.2 Å². The first-order chi connectivity index (χ1) is 11.0. The summed E-state index contributed by atoms with van der Waals surface area (Å²) in [5, 5.41) is 0. The average Bonchev–Trinajstić information content (AvgIpc) is 2.75. The smallest absolute Gasteiger partial charge is 0.251 e. The summed E-state index contributed by atoms with van der Waals surface area (Å²) in [5.74, 6) is -0.826. The monoisotopic (exact) mass is 318 g/mol. The van der Waals surface area contributed by atoms with Crippen molar-refractivity contribution in [2.24, 2.45) is 5.73 Å². The van der Waals surface area contributed by atoms with Gasteiger partial charge < -0.3 is 15.0 Å². The van der Waals surface area contributed by atoms with Crippen LogP contribution in [0.2, 0.25) is 0 Å². The van der Waals surface area contributed by atoms with Crippen LogP contribution >= 0.6 is 0 Å². The summed E-state index contributed by atoms with van der Waals surface area (Å²) in [6.45, 7) is 7.84. The molecule has 0 atom stereocenters. The third-order valence-electron chi connectivity index (χ3n) is 4.02. The molecular formula is C18H23FN2O2. The quantitative estimate of drug-likeness (QED) is 0.795. The zero-order valence-electron chi connectivity index (χ0n) is 13.9. The molecule has 1 heterocycles. The van der Waals surface area contributed by atoms with Gasteiger partial charge in [-0.2, -0.15) is 0 Å². The van der Waals surface area contributed by atoms with Crippen LogP contribution in [0, 0.1) is 19.7 Å². The van der Waals surface area contributed by atoms with Gasteiger partial charge in [0.05, 0.1) is 5.56 Å². The molecule has 124 valence electrons. The number of aromatic nitrogens is 1. The molecule has 1 aromatic heterocycles. The molecule has 0 radical (unpaired) electrons. The van der Waals surface area contributed by atoms with Gasteiger partial charge in [-0.1, -0.05) is 12.1 Å². The van der Waals surface area contributed by atoms with E-state index in [1.54, 1.807) is 12.1 Å². The number of amides is 1. The standard InChI is InChI=1S/C18H23FN2O2/c1-4-23-10-6-9-21-12(2)16(17(13(21)3)18(20)22)14-7-5-8-15(19)11-14/h5,7-8,11H,4,6,9-10H2,1-3H3,(H2,20,22). The lowest BCUT2D eigenvalue weighted by Gasteiger charge is -2.10. The first kappa shape index (κ1) is 17.2. The molecule has 0 aliphatic heterocycles. The van der Waals surface area contributed by atoms with E-state index in [1.807, 2.05) is 20.8 Å². The van der Waals surface area contributed by atoms with Crippen LogP contribution in [-0.4, -0.2) is 23.7 Å². The van der Waals surface area contributed by atoms with Crippen molar-refractivity contribution >= 4 is 5.91 Å². The maximum atomic E-state index is 13.6. The zero-order valence-corrected chi connectivity index (χ0v) is 13.9. The lowest BCUT2D eigenvalue weighted by atomic mass is 10.00. The second-order valence-electron chi connectivity index (χ2n) is 5.50. The summed E-state index contributed by atoms with van der Waals surface area (Å²) in [4.78, 5) is 11.9. The van der Waals surface area contributed by atoms with E-state index in [0.29, 0.717) is 29.9 Å². The first-order valence-corrected chi connectivity index (χ1v) is 7.80. The highest BCUT2D eigenvalue weighted by molar-refractivity contribution is 6.02. The summed E-state index contributed by atoms with van der Waals surface area (Å²) in [6, 6.07) is 6.24. The predicted octanol–water partition coefficient (Wildman–Crippen LogP) is 3.44. The largest absolute Gasteiger partial charge is 0.382 e. The van der Waals surface area contributed by atoms with Crippen molar-refractivity contribution < 1.29 is 13.9 Å². The molecule has 0 saturated heterocycles. The van der Waals surface area contributed by atoms with Gasteiger partial charge in [-0.25, -0.2) is 4.39 Å². The molecule has 2 aromatic rings. The Hall–Kier alpha value is -2.14. The maximum Gasteiger partial charge on any atom is 0.251 e. The van der Waals surface area contributed by atoms with Gasteiger partial charge in [-0.3, -0.25) is 4.79 Å². The van der Waals surface area contributed by atoms with Gasteiger partial charge in [0.2, 0.25) is 0 Å². The number of benzene rings is 1. The minimum Gasteiger partial charge on any atom is -0.382 e. The van der Waals surface area contributed by atoms with Crippen LogP contribution in [-0.2, 0) is 11.3 Å². The van der Waals surface area contributed by atoms with E-state index in [-0.39, 0.29) is 5.82 Å². The van der Waals surface area contributed by atoms with E-state index >= 15 is 0 Å². The van der Waals surface area contributed by atoms with Crippen LogP contribution in [0.3, 0.4) is 0 Å². The molecule has 2 N–H and O–H groups in total. The number of halogens is 1. The highest BCUT2D eigenvalue weighted by Crippen LogP contribution is 2.32. The number of carbonyl (C=O) groups excluding carboxylic acids is 1. The summed E-state index contributed by atoms with van der Waals surface area (Å²) in [6.07, 6.45) is 0.838. The van der Waals surface area contributed by atoms with Crippen LogP contribution in [0.25, 0.3) is 11.1 Å². The van der Waals surface area contributed by atoms with Gasteiger partial charge in [-0.15, -0.1) is 0 Å². The molecule has 5 heteroatoms. The lowest BCUT2D eigenvalue weighted by Crippen LogP contribution is -2.13. The van der Waals surface area contributed by atoms with E-state index in [0.717, 1.165) is 24.4 Å². The van der Waals surface area contributed by atoms with Gasteiger partial charge in [0.1, 0.15) is 5.82 Å². The van der Waals surface area contributed by atoms with E-state index in [1.165, 1.54) is 12.1 Å². The number of primary amides is 1. The Balaban J connectivity index is 2.47. The number of rotatable bonds is 7. The fourth-order valence-corrected chi connectivity index (χ4v) is 2.99. The topological polar surface area (TPSA) is 57.2 Å². The minimum atomic E-state index is -0.492. The number of ether oxygens (including phenoxy) is 1. The molecule has 0 unspecified atom stereocenters. The molecule has 0 aliphatic carbocycles. The third kappa shape index (κ3) is 3.62. The predicted molar refractivity (Wildman–Crippen MR) is 88.9 cm³/mol. The number of carbonyl (C=O) groups is 1. The normalized spacial score (nSPS) is 11.0. The number of nitrogens with two attached hydrogens (primary N) is 1. The van der Waals surface area contributed by atoms with Gasteiger partial charge in [-0.05, 0) is 44.9 Å². The molecule has 0 fully saturated rings. The summed E-state index contributed by atoms with van der Waals surface area (Å²) in [7, 11) is 0. The minimum absolute atomic E-state index is 0.334. The molecule has 1 amide bonds. The van der Waals surface area contributed by atoms with Crippen molar-refractivity contribution in [1.82, 2.24) is 4.57 Å². The summed E-state index contributed by atoms with van der Waals surface area (Å²) >= 11 is 0. The molecule has 0 aliphatic rings. The van der Waals surface area contributed by atoms with Crippen molar-refractivity contribution in [1.29, 1.82) is 0 Å². The van der Waals surface area contributed by atoms with Gasteiger partial charge in [0.25, 0.3) is 5.91 Å². The molecule has 23 heavy (non-hydrogen) atoms. The van der Waals surface area contributed by atoms with Crippen LogP contribution in [0.4, 0.5) is 4.39 Å². The summed E-state index contributed by atoms with van der Waals surface area (Å²) in [5.41, 5.74) is 9.15. The highest BCUT2D eigenvalue weighted by atomic mass is 19.1. The fourth-order valence-electron chi connectivity index (χ4n) is 2.99. The second kappa shape index (κ2) is 7.42. The molecule has 1 aromatic carbocycles. The van der Waals surface area contributed by atoms with Gasteiger partial charge in [0.15, 0.2) is 0 Å². The highest BCUT2D eigenvalue weighted by Gasteiger charge is 2.22. The third-order valence-corrected chi connectivity index (χ3v) is 4.02. The Kier molecular flexibility index (Phi) is 5.55. The Bertz CT molecular complexity index is 707. The Morgan fingerprint density at radius 3 is 2.65 bits per heavy atom. The lowest BCUT2D eigenvalue weighted by molar-refractivity contribution is 0.1000. The molecule has 0 saturated carbocycles. The van der Waals surface area contributed by atoms with Crippen LogP contribution in [0.1, 0.15) is 35.1 Å². The van der Waals surface area contributed by atoms with Crippen LogP contribution in [0.5, 0.6) is 0 Å². The van der Waals surface area contributed by atoms with Gasteiger partial charge in [0, 0.05) is 36.7 Å². The Labute approximate surface area is 136 Å². The van der Waals surface area contributed by atoms with Crippen molar-refractivity contribution in [2.45, 2.75) is 33.7 Å². The Morgan fingerprint density at radius 2 is 2.04 bits per heavy atom. The van der Waals surface area contributed by atoms with E-state index in [9.17, 15) is 9.18 Å². The molecule has 2 rings (SSSR count). The van der Waals surface area contributed by atoms with Crippen molar-refractivity contribution in [3.05, 3.63) is 47.0 Å². The molecule has 0 spiro atoms. The molecular weight excluding hydrogens is 295 g/mol. The van der Waals surface area contributed by atoms with Crippen molar-refractivity contribution in [3.63, 3.8) is 0 Å². The average molecular weight is 318 g/mol. The fraction of sp³-hybridized carbons (Fsp3) is 0.389. The van der Waals surface area contributed by atoms with E-state index in [4.69, 9.17) is 10.5 Å². The SMILES string of the molecule is CCOCCCn1c(C)c(C(N)=O)c(-c2cccc(F)c2)c1C.